The standard InChI is InChI=1S/2C7H5IO2.Pb/c2*8-6-3-1-5(2-4-6)7(9)10;/h2*1-4H,(H,9,10);/q;;+2/p-2. The first-order valence-electron chi connectivity index (χ1n) is 5.75. The van der Waals surface area contributed by atoms with Crippen molar-refractivity contribution in [2.24, 2.45) is 0 Å². The molecule has 4 nitrogen and oxygen atoms in total. The quantitative estimate of drug-likeness (QED) is 0.363. The van der Waals surface area contributed by atoms with E-state index in [4.69, 9.17) is 5.37 Å². The van der Waals surface area contributed by atoms with Gasteiger partial charge in [-0.05, 0) is 0 Å². The van der Waals surface area contributed by atoms with Crippen molar-refractivity contribution in [3.63, 3.8) is 0 Å². The molecule has 106 valence electrons. The Kier molecular flexibility index (Phi) is 6.86. The zero-order valence-electron chi connectivity index (χ0n) is 10.5. The molecule has 0 fully saturated rings. The predicted molar refractivity (Wildman–Crippen MR) is 94.9 cm³/mol. The normalized spacial score (nSPS) is 10.0. The number of hydrogen-bond donors (Lipinski definition) is 0. The van der Waals surface area contributed by atoms with Gasteiger partial charge >= 0.3 is 164 Å². The van der Waals surface area contributed by atoms with E-state index in [0.717, 1.165) is 7.14 Å². The summed E-state index contributed by atoms with van der Waals surface area (Å²) in [6, 6.07) is 14.0. The third-order valence-electron chi connectivity index (χ3n) is 2.43. The van der Waals surface area contributed by atoms with Crippen LogP contribution in [0.3, 0.4) is 0 Å². The van der Waals surface area contributed by atoms with Crippen molar-refractivity contribution in [2.75, 3.05) is 0 Å². The van der Waals surface area contributed by atoms with E-state index in [9.17, 15) is 9.59 Å². The van der Waals surface area contributed by atoms with Crippen LogP contribution in [-0.2, 0) is 5.37 Å². The van der Waals surface area contributed by atoms with Crippen LogP contribution in [0, 0.1) is 7.14 Å². The average molecular weight is 701 g/mol. The van der Waals surface area contributed by atoms with Crippen molar-refractivity contribution in [1.29, 1.82) is 0 Å². The topological polar surface area (TPSA) is 52.6 Å². The number of carbonyl (C=O) groups is 2. The number of rotatable bonds is 4. The van der Waals surface area contributed by atoms with Gasteiger partial charge in [0.05, 0.1) is 0 Å². The van der Waals surface area contributed by atoms with E-state index >= 15 is 0 Å². The molecule has 2 aromatic carbocycles. The summed E-state index contributed by atoms with van der Waals surface area (Å²) in [5, 5.41) is 0. The molecule has 0 aliphatic rings. The van der Waals surface area contributed by atoms with Crippen LogP contribution in [0.5, 0.6) is 0 Å². The SMILES string of the molecule is O=C([O][Pb][O]C(=O)c1ccc(I)cc1)c1ccc(I)cc1. The molecular weight excluding hydrogens is 693 g/mol. The Labute approximate surface area is 162 Å². The molecule has 2 radical (unpaired) electrons. The van der Waals surface area contributed by atoms with E-state index in [0.29, 0.717) is 11.1 Å². The van der Waals surface area contributed by atoms with Gasteiger partial charge in [-0.3, -0.25) is 0 Å². The second kappa shape index (κ2) is 8.41. The second-order valence-corrected chi connectivity index (χ2v) is 8.60. The van der Waals surface area contributed by atoms with E-state index in [1.807, 2.05) is 24.3 Å². The van der Waals surface area contributed by atoms with Gasteiger partial charge in [-0.25, -0.2) is 0 Å². The summed E-state index contributed by atoms with van der Waals surface area (Å²) < 4.78 is 12.3. The Bertz CT molecular complexity index is 584. The van der Waals surface area contributed by atoms with Crippen LogP contribution in [0.1, 0.15) is 20.7 Å². The van der Waals surface area contributed by atoms with Gasteiger partial charge in [0.25, 0.3) is 0 Å². The first-order valence-corrected chi connectivity index (χ1v) is 11.1. The fraction of sp³-hybridized carbons (Fsp3) is 0. The van der Waals surface area contributed by atoms with Gasteiger partial charge in [-0.2, -0.15) is 0 Å². The zero-order valence-corrected chi connectivity index (χ0v) is 18.7. The summed E-state index contributed by atoms with van der Waals surface area (Å²) in [5.41, 5.74) is 0.932. The molecule has 2 rings (SSSR count). The minimum atomic E-state index is -2.21. The van der Waals surface area contributed by atoms with E-state index in [1.54, 1.807) is 24.3 Å². The molecular formula is C14H8I2O4Pb. The van der Waals surface area contributed by atoms with Crippen molar-refractivity contribution >= 4 is 82.3 Å². The first-order chi connectivity index (χ1) is 10.1. The summed E-state index contributed by atoms with van der Waals surface area (Å²) in [4.78, 5) is 23.5. The van der Waals surface area contributed by atoms with Crippen LogP contribution in [0.15, 0.2) is 48.5 Å². The summed E-state index contributed by atoms with van der Waals surface area (Å²) in [7, 11) is 0. The molecule has 0 N–H and O–H groups in total. The molecule has 0 spiro atoms. The van der Waals surface area contributed by atoms with Crippen molar-refractivity contribution in [3.05, 3.63) is 66.8 Å². The summed E-state index contributed by atoms with van der Waals surface area (Å²) in [6.45, 7) is 0. The van der Waals surface area contributed by atoms with E-state index in [2.05, 4.69) is 45.2 Å². The third-order valence-corrected chi connectivity index (χ3v) is 5.96. The summed E-state index contributed by atoms with van der Waals surface area (Å²) in [6.07, 6.45) is 0. The van der Waals surface area contributed by atoms with E-state index in [-0.39, 0.29) is 0 Å². The second-order valence-electron chi connectivity index (χ2n) is 3.88. The van der Waals surface area contributed by atoms with Gasteiger partial charge in [0.15, 0.2) is 0 Å². The van der Waals surface area contributed by atoms with Crippen molar-refractivity contribution in [2.45, 2.75) is 0 Å². The van der Waals surface area contributed by atoms with Crippen LogP contribution in [0.4, 0.5) is 0 Å². The molecule has 0 saturated heterocycles. The fourth-order valence-corrected chi connectivity index (χ4v) is 3.77. The van der Waals surface area contributed by atoms with Crippen molar-refractivity contribution < 1.29 is 15.0 Å². The van der Waals surface area contributed by atoms with E-state index in [1.165, 1.54) is 0 Å². The molecule has 0 heterocycles. The maximum absolute atomic E-state index is 11.8. The first kappa shape index (κ1) is 17.1. The van der Waals surface area contributed by atoms with Crippen LogP contribution in [0.25, 0.3) is 0 Å². The molecule has 0 bridgehead atoms. The van der Waals surface area contributed by atoms with Gasteiger partial charge in [0, 0.05) is 0 Å². The van der Waals surface area contributed by atoms with Crippen LogP contribution in [0.2, 0.25) is 0 Å². The van der Waals surface area contributed by atoms with Gasteiger partial charge in [0.2, 0.25) is 0 Å². The molecule has 0 amide bonds. The molecule has 21 heavy (non-hydrogen) atoms. The maximum atomic E-state index is 11.8. The van der Waals surface area contributed by atoms with Crippen LogP contribution in [-0.4, -0.2) is 37.1 Å². The Morgan fingerprint density at radius 2 is 1.05 bits per heavy atom. The average Bonchev–Trinajstić information content (AvgIpc) is 2.48. The molecule has 0 aromatic heterocycles. The minimum absolute atomic E-state index is 0.440. The Morgan fingerprint density at radius 1 is 0.714 bits per heavy atom. The van der Waals surface area contributed by atoms with Gasteiger partial charge in [0.1, 0.15) is 0 Å². The number of carbonyl (C=O) groups excluding carboxylic acids is 2. The molecule has 7 heteroatoms. The van der Waals surface area contributed by atoms with Gasteiger partial charge in [-0.15, -0.1) is 0 Å². The Morgan fingerprint density at radius 3 is 1.38 bits per heavy atom. The Balaban J connectivity index is 1.83. The molecule has 2 aromatic rings. The number of benzene rings is 2. The molecule has 0 aliphatic carbocycles. The van der Waals surface area contributed by atoms with Gasteiger partial charge < -0.3 is 0 Å². The monoisotopic (exact) mass is 702 g/mol. The summed E-state index contributed by atoms with van der Waals surface area (Å²) in [5.74, 6) is -0.879. The van der Waals surface area contributed by atoms with E-state index < -0.39 is 37.1 Å². The molecule has 0 aliphatic heterocycles. The molecule has 0 unspecified atom stereocenters. The van der Waals surface area contributed by atoms with Crippen molar-refractivity contribution in [3.8, 4) is 0 Å². The van der Waals surface area contributed by atoms with Crippen molar-refractivity contribution in [1.82, 2.24) is 0 Å². The number of hydrogen-bond acceptors (Lipinski definition) is 4. The summed E-state index contributed by atoms with van der Waals surface area (Å²) >= 11 is 2.10. The Hall–Kier alpha value is -0.238. The third kappa shape index (κ3) is 5.47. The zero-order chi connectivity index (χ0) is 15.2. The fourth-order valence-electron chi connectivity index (χ4n) is 1.39. The molecule has 0 atom stereocenters. The predicted octanol–water partition coefficient (Wildman–Crippen LogP) is 3.44. The molecule has 0 saturated carbocycles. The van der Waals surface area contributed by atoms with Gasteiger partial charge in [-0.1, -0.05) is 0 Å². The van der Waals surface area contributed by atoms with Crippen LogP contribution < -0.4 is 0 Å². The van der Waals surface area contributed by atoms with Crippen LogP contribution >= 0.6 is 45.2 Å². The number of halogens is 2.